The molecule has 0 aliphatic carbocycles. The van der Waals surface area contributed by atoms with Gasteiger partial charge in [0.1, 0.15) is 5.00 Å². The summed E-state index contributed by atoms with van der Waals surface area (Å²) in [5.74, 6) is -0.278. The fourth-order valence-electron chi connectivity index (χ4n) is 2.47. The quantitative estimate of drug-likeness (QED) is 0.360. The van der Waals surface area contributed by atoms with E-state index < -0.39 is 5.97 Å². The Labute approximate surface area is 184 Å². The molecule has 2 heterocycles. The van der Waals surface area contributed by atoms with Crippen molar-refractivity contribution in [3.63, 3.8) is 0 Å². The number of nitrogens with zero attached hydrogens (tertiary/aromatic N) is 2. The van der Waals surface area contributed by atoms with Gasteiger partial charge in [0.2, 0.25) is 11.8 Å². The zero-order valence-electron chi connectivity index (χ0n) is 15.9. The van der Waals surface area contributed by atoms with E-state index in [1.165, 1.54) is 11.3 Å². The van der Waals surface area contributed by atoms with Gasteiger partial charge >= 0.3 is 5.97 Å². The van der Waals surface area contributed by atoms with Crippen LogP contribution in [0.15, 0.2) is 38.4 Å². The lowest BCUT2D eigenvalue weighted by Gasteiger charge is -2.06. The molecule has 0 aliphatic heterocycles. The molecule has 0 bridgehead atoms. The maximum Gasteiger partial charge on any atom is 0.341 e. The van der Waals surface area contributed by atoms with E-state index in [9.17, 15) is 9.59 Å². The Bertz CT molecular complexity index is 1050. The number of amides is 1. The van der Waals surface area contributed by atoms with Crippen LogP contribution in [0.3, 0.4) is 0 Å². The van der Waals surface area contributed by atoms with Crippen LogP contribution in [0, 0.1) is 13.8 Å². The SMILES string of the molecule is CCOC(=O)c1c(NC(=O)CSc2nnc(-c3ccccc3Br)o2)sc(C)c1C. The molecule has 152 valence electrons. The largest absolute Gasteiger partial charge is 0.462 e. The molecule has 0 spiro atoms. The summed E-state index contributed by atoms with van der Waals surface area (Å²) < 4.78 is 11.6. The summed E-state index contributed by atoms with van der Waals surface area (Å²) in [5.41, 5.74) is 1.99. The minimum absolute atomic E-state index is 0.0653. The minimum Gasteiger partial charge on any atom is -0.462 e. The van der Waals surface area contributed by atoms with Crippen molar-refractivity contribution in [1.82, 2.24) is 10.2 Å². The molecule has 0 atom stereocenters. The van der Waals surface area contributed by atoms with Crippen molar-refractivity contribution < 1.29 is 18.7 Å². The van der Waals surface area contributed by atoms with Crippen LogP contribution in [0.1, 0.15) is 27.7 Å². The van der Waals surface area contributed by atoms with Crippen molar-refractivity contribution in [3.05, 3.63) is 44.7 Å². The fourth-order valence-corrected chi connectivity index (χ4v) is 4.55. The van der Waals surface area contributed by atoms with Crippen LogP contribution in [-0.4, -0.2) is 34.4 Å². The van der Waals surface area contributed by atoms with Crippen molar-refractivity contribution in [2.24, 2.45) is 0 Å². The van der Waals surface area contributed by atoms with E-state index in [1.807, 2.05) is 38.1 Å². The van der Waals surface area contributed by atoms with Crippen LogP contribution in [0.4, 0.5) is 5.00 Å². The zero-order valence-corrected chi connectivity index (χ0v) is 19.2. The van der Waals surface area contributed by atoms with E-state index in [2.05, 4.69) is 31.4 Å². The molecular formula is C19H18BrN3O4S2. The molecule has 3 aromatic rings. The van der Waals surface area contributed by atoms with E-state index in [4.69, 9.17) is 9.15 Å². The number of aryl methyl sites for hydroxylation is 1. The Hall–Kier alpha value is -2.17. The van der Waals surface area contributed by atoms with Gasteiger partial charge in [-0.25, -0.2) is 4.79 Å². The van der Waals surface area contributed by atoms with Gasteiger partial charge < -0.3 is 14.5 Å². The Balaban J connectivity index is 1.65. The average molecular weight is 496 g/mol. The molecular weight excluding hydrogens is 478 g/mol. The van der Waals surface area contributed by atoms with E-state index in [1.54, 1.807) is 6.92 Å². The standard InChI is InChI=1S/C19H18BrN3O4S2/c1-4-26-18(25)15-10(2)11(3)29-17(15)21-14(24)9-28-19-23-22-16(27-19)12-7-5-6-8-13(12)20/h5-8H,4,9H2,1-3H3,(H,21,24). The lowest BCUT2D eigenvalue weighted by molar-refractivity contribution is -0.113. The predicted molar refractivity (Wildman–Crippen MR) is 117 cm³/mol. The van der Waals surface area contributed by atoms with Crippen molar-refractivity contribution in [1.29, 1.82) is 0 Å². The van der Waals surface area contributed by atoms with Gasteiger partial charge in [0, 0.05) is 9.35 Å². The van der Waals surface area contributed by atoms with Crippen LogP contribution in [0.2, 0.25) is 0 Å². The number of anilines is 1. The summed E-state index contributed by atoms with van der Waals surface area (Å²) in [5, 5.41) is 11.6. The average Bonchev–Trinajstić information content (AvgIpc) is 3.25. The van der Waals surface area contributed by atoms with Gasteiger partial charge in [-0.15, -0.1) is 21.5 Å². The second kappa shape index (κ2) is 9.55. The lowest BCUT2D eigenvalue weighted by atomic mass is 10.1. The van der Waals surface area contributed by atoms with E-state index in [0.717, 1.165) is 32.2 Å². The molecule has 0 saturated heterocycles. The topological polar surface area (TPSA) is 94.3 Å². The van der Waals surface area contributed by atoms with Gasteiger partial charge in [-0.1, -0.05) is 23.9 Å². The number of carbonyl (C=O) groups is 2. The molecule has 1 amide bonds. The predicted octanol–water partition coefficient (Wildman–Crippen LogP) is 5.08. The Kier molecular flexibility index (Phi) is 7.09. The number of hydrogen-bond acceptors (Lipinski definition) is 8. The highest BCUT2D eigenvalue weighted by molar-refractivity contribution is 9.10. The molecule has 0 radical (unpaired) electrons. The second-order valence-corrected chi connectivity index (χ2v) is 8.90. The molecule has 7 nitrogen and oxygen atoms in total. The van der Waals surface area contributed by atoms with E-state index in [0.29, 0.717) is 16.5 Å². The Morgan fingerprint density at radius 1 is 1.28 bits per heavy atom. The highest BCUT2D eigenvalue weighted by Gasteiger charge is 2.22. The number of benzene rings is 1. The molecule has 2 aromatic heterocycles. The van der Waals surface area contributed by atoms with Crippen LogP contribution in [-0.2, 0) is 9.53 Å². The number of ether oxygens (including phenoxy) is 1. The fraction of sp³-hybridized carbons (Fsp3) is 0.263. The van der Waals surface area contributed by atoms with Gasteiger partial charge in [0.05, 0.1) is 23.5 Å². The van der Waals surface area contributed by atoms with Crippen LogP contribution >= 0.6 is 39.0 Å². The van der Waals surface area contributed by atoms with Crippen LogP contribution in [0.25, 0.3) is 11.5 Å². The van der Waals surface area contributed by atoms with Crippen molar-refractivity contribution >= 4 is 55.9 Å². The number of rotatable bonds is 7. The first kappa shape index (κ1) is 21.5. The monoisotopic (exact) mass is 495 g/mol. The highest BCUT2D eigenvalue weighted by atomic mass is 79.9. The number of hydrogen-bond donors (Lipinski definition) is 1. The van der Waals surface area contributed by atoms with Gasteiger partial charge in [0.25, 0.3) is 5.22 Å². The molecule has 3 rings (SSSR count). The highest BCUT2D eigenvalue weighted by Crippen LogP contribution is 2.33. The number of carbonyl (C=O) groups excluding carboxylic acids is 2. The normalized spacial score (nSPS) is 10.8. The summed E-state index contributed by atoms with van der Waals surface area (Å²) in [7, 11) is 0. The molecule has 0 fully saturated rings. The second-order valence-electron chi connectivity index (χ2n) is 5.90. The minimum atomic E-state index is -0.438. The summed E-state index contributed by atoms with van der Waals surface area (Å²) in [6, 6.07) is 7.50. The van der Waals surface area contributed by atoms with Crippen molar-refractivity contribution in [2.45, 2.75) is 26.0 Å². The molecule has 10 heteroatoms. The Morgan fingerprint density at radius 2 is 2.03 bits per heavy atom. The maximum absolute atomic E-state index is 12.4. The maximum atomic E-state index is 12.4. The zero-order chi connectivity index (χ0) is 21.0. The van der Waals surface area contributed by atoms with E-state index >= 15 is 0 Å². The number of aromatic nitrogens is 2. The van der Waals surface area contributed by atoms with Crippen LogP contribution < -0.4 is 5.32 Å². The number of esters is 1. The van der Waals surface area contributed by atoms with E-state index in [-0.39, 0.29) is 23.5 Å². The smallest absolute Gasteiger partial charge is 0.341 e. The third-order valence-electron chi connectivity index (χ3n) is 3.96. The third kappa shape index (κ3) is 5.06. The number of thiophene rings is 1. The number of halogens is 1. The molecule has 0 saturated carbocycles. The van der Waals surface area contributed by atoms with Crippen molar-refractivity contribution in [2.75, 3.05) is 17.7 Å². The first-order valence-corrected chi connectivity index (χ1v) is 11.3. The van der Waals surface area contributed by atoms with Gasteiger partial charge in [-0.2, -0.15) is 0 Å². The number of nitrogens with one attached hydrogen (secondary N) is 1. The number of thioether (sulfide) groups is 1. The van der Waals surface area contributed by atoms with Crippen molar-refractivity contribution in [3.8, 4) is 11.5 Å². The van der Waals surface area contributed by atoms with Gasteiger partial charge in [0.15, 0.2) is 0 Å². The molecule has 0 unspecified atom stereocenters. The Morgan fingerprint density at radius 3 is 2.76 bits per heavy atom. The lowest BCUT2D eigenvalue weighted by Crippen LogP contribution is -2.16. The summed E-state index contributed by atoms with van der Waals surface area (Å²) in [4.78, 5) is 25.6. The molecule has 0 aliphatic rings. The summed E-state index contributed by atoms with van der Waals surface area (Å²) >= 11 is 5.92. The first-order valence-electron chi connectivity index (χ1n) is 8.68. The first-order chi connectivity index (χ1) is 13.9. The molecule has 29 heavy (non-hydrogen) atoms. The molecule has 1 N–H and O–H groups in total. The van der Waals surface area contributed by atoms with Gasteiger partial charge in [-0.3, -0.25) is 4.79 Å². The molecule has 1 aromatic carbocycles. The van der Waals surface area contributed by atoms with Gasteiger partial charge in [-0.05, 0) is 54.4 Å². The summed E-state index contributed by atoms with van der Waals surface area (Å²) in [6.07, 6.45) is 0. The van der Waals surface area contributed by atoms with Crippen LogP contribution in [0.5, 0.6) is 0 Å². The third-order valence-corrected chi connectivity index (χ3v) is 6.59. The summed E-state index contributed by atoms with van der Waals surface area (Å²) in [6.45, 7) is 5.75.